The van der Waals surface area contributed by atoms with Gasteiger partial charge in [0, 0.05) is 38.4 Å². The Bertz CT molecular complexity index is 2340. The maximum atomic E-state index is 6.45. The normalized spacial score (nSPS) is 13.2. The lowest BCUT2D eigenvalue weighted by atomic mass is 9.98. The van der Waals surface area contributed by atoms with Crippen molar-refractivity contribution < 1.29 is 4.42 Å². The highest BCUT2D eigenvalue weighted by atomic mass is 16.3. The summed E-state index contributed by atoms with van der Waals surface area (Å²) in [5.41, 5.74) is 8.18. The third kappa shape index (κ3) is 2.96. The number of rotatable bonds is 2. The fourth-order valence-electron chi connectivity index (χ4n) is 6.52. The van der Waals surface area contributed by atoms with Crippen LogP contribution in [0.15, 0.2) is 114 Å². The van der Waals surface area contributed by atoms with E-state index in [2.05, 4.69) is 102 Å². The van der Waals surface area contributed by atoms with E-state index in [-0.39, 0.29) is 0 Å². The monoisotopic (exact) mass is 513 g/mol. The number of hydrogen-bond donors (Lipinski definition) is 0. The molecular formula is C36H23N3O. The summed E-state index contributed by atoms with van der Waals surface area (Å²) in [6, 6.07) is 35.9. The van der Waals surface area contributed by atoms with Crippen LogP contribution in [0.4, 0.5) is 0 Å². The largest absolute Gasteiger partial charge is 0.455 e. The van der Waals surface area contributed by atoms with E-state index < -0.39 is 0 Å². The van der Waals surface area contributed by atoms with E-state index in [0.29, 0.717) is 5.95 Å². The van der Waals surface area contributed by atoms with Gasteiger partial charge < -0.3 is 4.42 Å². The van der Waals surface area contributed by atoms with Crippen molar-refractivity contribution in [3.63, 3.8) is 0 Å². The average Bonchev–Trinajstić information content (AvgIpc) is 3.57. The van der Waals surface area contributed by atoms with Gasteiger partial charge in [-0.15, -0.1) is 0 Å². The van der Waals surface area contributed by atoms with E-state index in [1.807, 2.05) is 18.2 Å². The molecule has 0 radical (unpaired) electrons. The number of nitrogens with zero attached hydrogens (tertiary/aromatic N) is 3. The zero-order valence-electron chi connectivity index (χ0n) is 21.6. The quantitative estimate of drug-likeness (QED) is 0.231. The van der Waals surface area contributed by atoms with Gasteiger partial charge in [0.1, 0.15) is 11.2 Å². The Labute approximate surface area is 229 Å². The molecule has 0 amide bonds. The smallest absolute Gasteiger partial charge is 0.235 e. The van der Waals surface area contributed by atoms with Crippen LogP contribution in [0.5, 0.6) is 0 Å². The molecule has 0 bridgehead atoms. The summed E-state index contributed by atoms with van der Waals surface area (Å²) in [5, 5.41) is 6.98. The van der Waals surface area contributed by atoms with Gasteiger partial charge in [-0.3, -0.25) is 4.57 Å². The molecule has 3 aromatic heterocycles. The molecule has 40 heavy (non-hydrogen) atoms. The Morgan fingerprint density at radius 3 is 2.42 bits per heavy atom. The molecule has 0 spiro atoms. The molecule has 5 aromatic carbocycles. The first-order valence-electron chi connectivity index (χ1n) is 13.7. The topological polar surface area (TPSA) is 43.9 Å². The molecule has 0 saturated carbocycles. The molecule has 0 aliphatic heterocycles. The van der Waals surface area contributed by atoms with E-state index in [1.165, 1.54) is 27.4 Å². The van der Waals surface area contributed by atoms with Crippen molar-refractivity contribution in [1.82, 2.24) is 14.5 Å². The Hall–Kier alpha value is -5.22. The van der Waals surface area contributed by atoms with Crippen LogP contribution in [0.25, 0.3) is 77.8 Å². The zero-order chi connectivity index (χ0) is 26.2. The molecule has 1 aliphatic carbocycles. The first-order chi connectivity index (χ1) is 19.8. The summed E-state index contributed by atoms with van der Waals surface area (Å²) in [4.78, 5) is 10.5. The Morgan fingerprint density at radius 2 is 1.48 bits per heavy atom. The van der Waals surface area contributed by atoms with Crippen LogP contribution in [-0.4, -0.2) is 14.5 Å². The van der Waals surface area contributed by atoms with Crippen molar-refractivity contribution in [1.29, 1.82) is 0 Å². The van der Waals surface area contributed by atoms with Crippen LogP contribution in [0.1, 0.15) is 17.7 Å². The summed E-state index contributed by atoms with van der Waals surface area (Å²) in [6.07, 6.45) is 6.50. The Morgan fingerprint density at radius 1 is 0.675 bits per heavy atom. The molecule has 0 N–H and O–H groups in total. The molecule has 9 rings (SSSR count). The lowest BCUT2D eigenvalue weighted by Gasteiger charge is -2.14. The highest BCUT2D eigenvalue weighted by Crippen LogP contribution is 2.40. The van der Waals surface area contributed by atoms with Crippen molar-refractivity contribution in [2.45, 2.75) is 12.8 Å². The summed E-state index contributed by atoms with van der Waals surface area (Å²) in [6.45, 7) is 0. The van der Waals surface area contributed by atoms with Gasteiger partial charge in [0.25, 0.3) is 0 Å². The lowest BCUT2D eigenvalue weighted by molar-refractivity contribution is 0.670. The van der Waals surface area contributed by atoms with Crippen LogP contribution >= 0.6 is 0 Å². The maximum Gasteiger partial charge on any atom is 0.235 e. The van der Waals surface area contributed by atoms with Gasteiger partial charge in [-0.1, -0.05) is 91.0 Å². The second kappa shape index (κ2) is 8.14. The van der Waals surface area contributed by atoms with Crippen LogP contribution in [-0.2, 0) is 6.42 Å². The molecular weight excluding hydrogens is 490 g/mol. The predicted molar refractivity (Wildman–Crippen MR) is 164 cm³/mol. The predicted octanol–water partition coefficient (Wildman–Crippen LogP) is 9.25. The summed E-state index contributed by atoms with van der Waals surface area (Å²) in [7, 11) is 0. The van der Waals surface area contributed by atoms with Gasteiger partial charge in [-0.05, 0) is 47.9 Å². The molecule has 8 aromatic rings. The van der Waals surface area contributed by atoms with Gasteiger partial charge in [0.05, 0.1) is 16.7 Å². The van der Waals surface area contributed by atoms with Crippen molar-refractivity contribution in [2.24, 2.45) is 0 Å². The number of allylic oxidation sites excluding steroid dienone is 1. The lowest BCUT2D eigenvalue weighted by Crippen LogP contribution is -2.08. The first-order valence-corrected chi connectivity index (χ1v) is 13.7. The summed E-state index contributed by atoms with van der Waals surface area (Å²) in [5.74, 6) is 0.693. The number of hydrogen-bond acceptors (Lipinski definition) is 3. The molecule has 0 atom stereocenters. The second-order valence-corrected chi connectivity index (χ2v) is 10.5. The Balaban J connectivity index is 1.40. The molecule has 0 fully saturated rings. The van der Waals surface area contributed by atoms with Crippen LogP contribution < -0.4 is 0 Å². The van der Waals surface area contributed by atoms with Gasteiger partial charge in [0.15, 0.2) is 0 Å². The SMILES string of the molecule is C1=Cc2c(n(-c3nc(-c4cccc5c4oc4ccccc45)c4ccccc4n3)c3ccc4ccccc4c23)CC1. The highest BCUT2D eigenvalue weighted by Gasteiger charge is 2.23. The average molecular weight is 514 g/mol. The summed E-state index contributed by atoms with van der Waals surface area (Å²) >= 11 is 0. The molecule has 0 saturated heterocycles. The van der Waals surface area contributed by atoms with Crippen molar-refractivity contribution >= 4 is 60.6 Å². The molecule has 4 nitrogen and oxygen atoms in total. The van der Waals surface area contributed by atoms with Crippen LogP contribution in [0.2, 0.25) is 0 Å². The van der Waals surface area contributed by atoms with Gasteiger partial charge in [0.2, 0.25) is 5.95 Å². The van der Waals surface area contributed by atoms with E-state index in [9.17, 15) is 0 Å². The minimum atomic E-state index is 0.693. The molecule has 0 unspecified atom stereocenters. The van der Waals surface area contributed by atoms with Crippen LogP contribution in [0, 0.1) is 0 Å². The molecule has 188 valence electrons. The Kier molecular flexibility index (Phi) is 4.41. The van der Waals surface area contributed by atoms with Crippen molar-refractivity contribution in [2.75, 3.05) is 0 Å². The van der Waals surface area contributed by atoms with Crippen molar-refractivity contribution in [3.8, 4) is 17.2 Å². The van der Waals surface area contributed by atoms with E-state index in [1.54, 1.807) is 0 Å². The fourth-order valence-corrected chi connectivity index (χ4v) is 6.52. The van der Waals surface area contributed by atoms with Gasteiger partial charge in [-0.2, -0.15) is 0 Å². The first kappa shape index (κ1) is 21.7. The van der Waals surface area contributed by atoms with Crippen molar-refractivity contribution in [3.05, 3.63) is 120 Å². The minimum absolute atomic E-state index is 0.693. The molecule has 4 heteroatoms. The van der Waals surface area contributed by atoms with E-state index in [4.69, 9.17) is 14.4 Å². The third-order valence-corrected chi connectivity index (χ3v) is 8.28. The molecule has 3 heterocycles. The van der Waals surface area contributed by atoms with E-state index in [0.717, 1.165) is 62.5 Å². The number of benzene rings is 5. The number of furan rings is 1. The number of aromatic nitrogens is 3. The zero-order valence-corrected chi connectivity index (χ0v) is 21.6. The van der Waals surface area contributed by atoms with E-state index >= 15 is 0 Å². The van der Waals surface area contributed by atoms with Gasteiger partial charge in [-0.25, -0.2) is 9.97 Å². The maximum absolute atomic E-state index is 6.45. The standard InChI is InChI=1S/C36H23N3O/c1-2-11-23-22(10-1)20-21-31-33(23)27-14-4-7-18-30(27)39(31)36-37-29-17-6-3-13-26(29)34(38-36)28-16-9-15-25-24-12-5-8-19-32(24)40-35(25)28/h1-6,8-17,19-21H,7,18H2. The fraction of sp³-hybridized carbons (Fsp3) is 0.0556. The minimum Gasteiger partial charge on any atom is -0.455 e. The highest BCUT2D eigenvalue weighted by molar-refractivity contribution is 6.13. The number of para-hydroxylation sites is 3. The molecule has 1 aliphatic rings. The van der Waals surface area contributed by atoms with Gasteiger partial charge >= 0.3 is 0 Å². The number of fused-ring (bicyclic) bond motifs is 9. The summed E-state index contributed by atoms with van der Waals surface area (Å²) < 4.78 is 8.74. The third-order valence-electron chi connectivity index (χ3n) is 8.28. The second-order valence-electron chi connectivity index (χ2n) is 10.5. The van der Waals surface area contributed by atoms with Crippen LogP contribution in [0.3, 0.4) is 0 Å².